The number of carbonyl (C=O) groups is 1. The standard InChI is InChI=1S/C15H13BrO3/c1-10-8-13(6-7-14(10)15(17)18)19-9-11-2-4-12(16)5-3-11/h2-8H,9H2,1H3,(H,17,18). The van der Waals surface area contributed by atoms with E-state index in [-0.39, 0.29) is 0 Å². The summed E-state index contributed by atoms with van der Waals surface area (Å²) in [5.74, 6) is -0.248. The molecule has 0 saturated carbocycles. The molecule has 3 nitrogen and oxygen atoms in total. The third-order valence-corrected chi connectivity index (χ3v) is 3.28. The lowest BCUT2D eigenvalue weighted by Crippen LogP contribution is -2.01. The van der Waals surface area contributed by atoms with E-state index in [4.69, 9.17) is 9.84 Å². The summed E-state index contributed by atoms with van der Waals surface area (Å²) < 4.78 is 6.67. The Bertz CT molecular complexity index is 591. The van der Waals surface area contributed by atoms with Crippen LogP contribution in [0, 0.1) is 6.92 Å². The van der Waals surface area contributed by atoms with Crippen molar-refractivity contribution in [2.75, 3.05) is 0 Å². The molecule has 0 amide bonds. The first-order chi connectivity index (χ1) is 9.06. The lowest BCUT2D eigenvalue weighted by molar-refractivity contribution is 0.0696. The molecule has 0 radical (unpaired) electrons. The van der Waals surface area contributed by atoms with Gasteiger partial charge in [-0.2, -0.15) is 0 Å². The van der Waals surface area contributed by atoms with Gasteiger partial charge in [-0.1, -0.05) is 28.1 Å². The number of hydrogen-bond acceptors (Lipinski definition) is 2. The van der Waals surface area contributed by atoms with Crippen LogP contribution in [-0.4, -0.2) is 11.1 Å². The molecule has 0 bridgehead atoms. The van der Waals surface area contributed by atoms with E-state index in [1.165, 1.54) is 0 Å². The van der Waals surface area contributed by atoms with Crippen LogP contribution in [0.1, 0.15) is 21.5 Å². The van der Waals surface area contributed by atoms with Gasteiger partial charge in [0.1, 0.15) is 12.4 Å². The third-order valence-electron chi connectivity index (χ3n) is 2.75. The van der Waals surface area contributed by atoms with Gasteiger partial charge in [-0.3, -0.25) is 0 Å². The maximum atomic E-state index is 10.9. The van der Waals surface area contributed by atoms with E-state index < -0.39 is 5.97 Å². The van der Waals surface area contributed by atoms with Crippen LogP contribution in [0.5, 0.6) is 5.75 Å². The Balaban J connectivity index is 2.06. The Kier molecular flexibility index (Phi) is 4.22. The summed E-state index contributed by atoms with van der Waals surface area (Å²) in [6, 6.07) is 12.8. The Hall–Kier alpha value is -1.81. The summed E-state index contributed by atoms with van der Waals surface area (Å²) >= 11 is 3.38. The zero-order valence-corrected chi connectivity index (χ0v) is 12.0. The molecule has 0 saturated heterocycles. The van der Waals surface area contributed by atoms with Crippen LogP contribution >= 0.6 is 15.9 Å². The van der Waals surface area contributed by atoms with E-state index in [1.54, 1.807) is 25.1 Å². The molecule has 0 spiro atoms. The predicted molar refractivity (Wildman–Crippen MR) is 76.6 cm³/mol. The van der Waals surface area contributed by atoms with E-state index in [1.807, 2.05) is 24.3 Å². The summed E-state index contributed by atoms with van der Waals surface area (Å²) in [4.78, 5) is 10.9. The van der Waals surface area contributed by atoms with Crippen molar-refractivity contribution < 1.29 is 14.6 Å². The predicted octanol–water partition coefficient (Wildman–Crippen LogP) is 4.03. The second-order valence-corrected chi connectivity index (χ2v) is 5.11. The van der Waals surface area contributed by atoms with Crippen LogP contribution in [0.25, 0.3) is 0 Å². The molecular weight excluding hydrogens is 308 g/mol. The molecule has 19 heavy (non-hydrogen) atoms. The van der Waals surface area contributed by atoms with E-state index >= 15 is 0 Å². The number of ether oxygens (including phenoxy) is 1. The van der Waals surface area contributed by atoms with E-state index in [0.29, 0.717) is 23.5 Å². The second-order valence-electron chi connectivity index (χ2n) is 4.20. The Morgan fingerprint density at radius 2 is 1.89 bits per heavy atom. The van der Waals surface area contributed by atoms with Gasteiger partial charge in [0.2, 0.25) is 0 Å². The van der Waals surface area contributed by atoms with Crippen molar-refractivity contribution in [1.82, 2.24) is 0 Å². The monoisotopic (exact) mass is 320 g/mol. The third kappa shape index (κ3) is 3.58. The molecular formula is C15H13BrO3. The minimum atomic E-state index is -0.919. The highest BCUT2D eigenvalue weighted by Crippen LogP contribution is 2.19. The normalized spacial score (nSPS) is 10.2. The first kappa shape index (κ1) is 13.6. The average Bonchev–Trinajstić information content (AvgIpc) is 2.37. The summed E-state index contributed by atoms with van der Waals surface area (Å²) in [6.45, 7) is 2.22. The lowest BCUT2D eigenvalue weighted by Gasteiger charge is -2.08. The first-order valence-corrected chi connectivity index (χ1v) is 6.57. The van der Waals surface area contributed by atoms with Crippen LogP contribution < -0.4 is 4.74 Å². The maximum Gasteiger partial charge on any atom is 0.335 e. The SMILES string of the molecule is Cc1cc(OCc2ccc(Br)cc2)ccc1C(=O)O. The van der Waals surface area contributed by atoms with Crippen LogP contribution in [0.2, 0.25) is 0 Å². The highest BCUT2D eigenvalue weighted by molar-refractivity contribution is 9.10. The number of carboxylic acids is 1. The van der Waals surface area contributed by atoms with Gasteiger partial charge in [0.05, 0.1) is 5.56 Å². The molecule has 0 unspecified atom stereocenters. The number of aromatic carboxylic acids is 1. The second kappa shape index (κ2) is 5.89. The van der Waals surface area contributed by atoms with Crippen LogP contribution in [0.15, 0.2) is 46.9 Å². The Morgan fingerprint density at radius 3 is 2.47 bits per heavy atom. The van der Waals surface area contributed by atoms with Crippen LogP contribution in [-0.2, 0) is 6.61 Å². The number of benzene rings is 2. The van der Waals surface area contributed by atoms with Crippen molar-refractivity contribution >= 4 is 21.9 Å². The minimum absolute atomic E-state index is 0.302. The molecule has 2 rings (SSSR count). The molecule has 0 aliphatic carbocycles. The van der Waals surface area contributed by atoms with Gasteiger partial charge in [-0.15, -0.1) is 0 Å². The zero-order chi connectivity index (χ0) is 13.8. The van der Waals surface area contributed by atoms with Crippen molar-refractivity contribution in [2.24, 2.45) is 0 Å². The van der Waals surface area contributed by atoms with Gasteiger partial charge < -0.3 is 9.84 Å². The number of carboxylic acid groups (broad SMARTS) is 1. The molecule has 0 heterocycles. The fourth-order valence-corrected chi connectivity index (χ4v) is 1.98. The molecule has 0 atom stereocenters. The Labute approximate surface area is 120 Å². The fraction of sp³-hybridized carbons (Fsp3) is 0.133. The largest absolute Gasteiger partial charge is 0.489 e. The van der Waals surface area contributed by atoms with Crippen molar-refractivity contribution in [1.29, 1.82) is 0 Å². The molecule has 98 valence electrons. The summed E-state index contributed by atoms with van der Waals surface area (Å²) in [5, 5.41) is 8.95. The summed E-state index contributed by atoms with van der Waals surface area (Å²) in [5.41, 5.74) is 2.06. The van der Waals surface area contributed by atoms with Gasteiger partial charge >= 0.3 is 5.97 Å². The van der Waals surface area contributed by atoms with Crippen LogP contribution in [0.4, 0.5) is 0 Å². The van der Waals surface area contributed by atoms with Gasteiger partial charge in [0, 0.05) is 4.47 Å². The van der Waals surface area contributed by atoms with Gasteiger partial charge in [0.15, 0.2) is 0 Å². The van der Waals surface area contributed by atoms with Crippen LogP contribution in [0.3, 0.4) is 0 Å². The molecule has 0 aliphatic rings. The van der Waals surface area contributed by atoms with Crippen molar-refractivity contribution in [3.8, 4) is 5.75 Å². The highest BCUT2D eigenvalue weighted by atomic mass is 79.9. The molecule has 2 aromatic rings. The van der Waals surface area contributed by atoms with Crippen molar-refractivity contribution in [3.05, 3.63) is 63.6 Å². The highest BCUT2D eigenvalue weighted by Gasteiger charge is 2.07. The number of halogens is 1. The van der Waals surface area contributed by atoms with Gasteiger partial charge in [-0.05, 0) is 48.4 Å². The molecule has 2 aromatic carbocycles. The van der Waals surface area contributed by atoms with E-state index in [9.17, 15) is 4.79 Å². The average molecular weight is 321 g/mol. The zero-order valence-electron chi connectivity index (χ0n) is 10.4. The molecule has 0 fully saturated rings. The van der Waals surface area contributed by atoms with E-state index in [0.717, 1.165) is 10.0 Å². The van der Waals surface area contributed by atoms with Gasteiger partial charge in [0.25, 0.3) is 0 Å². The molecule has 0 aliphatic heterocycles. The topological polar surface area (TPSA) is 46.5 Å². The summed E-state index contributed by atoms with van der Waals surface area (Å²) in [6.07, 6.45) is 0. The molecule has 4 heteroatoms. The first-order valence-electron chi connectivity index (χ1n) is 5.77. The lowest BCUT2D eigenvalue weighted by atomic mass is 10.1. The van der Waals surface area contributed by atoms with Gasteiger partial charge in [-0.25, -0.2) is 4.79 Å². The minimum Gasteiger partial charge on any atom is -0.489 e. The summed E-state index contributed by atoms with van der Waals surface area (Å²) in [7, 11) is 0. The number of rotatable bonds is 4. The molecule has 1 N–H and O–H groups in total. The smallest absolute Gasteiger partial charge is 0.335 e. The van der Waals surface area contributed by atoms with Crippen molar-refractivity contribution in [2.45, 2.75) is 13.5 Å². The Morgan fingerprint density at radius 1 is 1.21 bits per heavy atom. The van der Waals surface area contributed by atoms with Crippen molar-refractivity contribution in [3.63, 3.8) is 0 Å². The fourth-order valence-electron chi connectivity index (χ4n) is 1.71. The molecule has 0 aromatic heterocycles. The maximum absolute atomic E-state index is 10.9. The number of hydrogen-bond donors (Lipinski definition) is 1. The number of aryl methyl sites for hydroxylation is 1. The quantitative estimate of drug-likeness (QED) is 0.924. The van der Waals surface area contributed by atoms with E-state index in [2.05, 4.69) is 15.9 Å².